The first kappa shape index (κ1) is 20.4. The number of amides is 1. The van der Waals surface area contributed by atoms with Gasteiger partial charge >= 0.3 is 0 Å². The summed E-state index contributed by atoms with van der Waals surface area (Å²) in [4.78, 5) is 19.1. The van der Waals surface area contributed by atoms with E-state index in [1.165, 1.54) is 4.90 Å². The van der Waals surface area contributed by atoms with Gasteiger partial charge in [-0.25, -0.2) is 18.2 Å². The van der Waals surface area contributed by atoms with E-state index in [-0.39, 0.29) is 6.54 Å². The number of rotatable bonds is 8. The Labute approximate surface area is 173 Å². The molecule has 0 aliphatic heterocycles. The predicted octanol–water partition coefficient (Wildman–Crippen LogP) is 5.31. The zero-order valence-electron chi connectivity index (χ0n) is 16.9. The number of fused-ring (bicyclic) bond motifs is 1. The summed E-state index contributed by atoms with van der Waals surface area (Å²) in [7, 11) is 0. The minimum atomic E-state index is -1.45. The molecule has 2 aromatic carbocycles. The summed E-state index contributed by atoms with van der Waals surface area (Å²) in [5.74, 6) is -3.36. The number of nitrogens with zero attached hydrogens (tertiary/aromatic N) is 3. The Bertz CT molecular complexity index is 1070. The second kappa shape index (κ2) is 8.50. The highest BCUT2D eigenvalue weighted by molar-refractivity contribution is 5.94. The smallest absolute Gasteiger partial charge is 0.260 e. The average molecular weight is 415 g/mol. The fourth-order valence-corrected chi connectivity index (χ4v) is 3.66. The Balaban J connectivity index is 1.70. The summed E-state index contributed by atoms with van der Waals surface area (Å²) in [6, 6.07) is 9.20. The molecule has 7 heteroatoms. The fourth-order valence-electron chi connectivity index (χ4n) is 3.66. The lowest BCUT2D eigenvalue weighted by molar-refractivity contribution is 0.0723. The second-order valence-corrected chi connectivity index (χ2v) is 7.87. The van der Waals surface area contributed by atoms with E-state index >= 15 is 0 Å². The van der Waals surface area contributed by atoms with Gasteiger partial charge in [-0.15, -0.1) is 0 Å². The lowest BCUT2D eigenvalue weighted by Gasteiger charge is -2.23. The van der Waals surface area contributed by atoms with Crippen molar-refractivity contribution in [1.82, 2.24) is 14.5 Å². The van der Waals surface area contributed by atoms with Crippen LogP contribution in [0.3, 0.4) is 0 Å². The van der Waals surface area contributed by atoms with E-state index in [1.54, 1.807) is 0 Å². The lowest BCUT2D eigenvalue weighted by Crippen LogP contribution is -2.34. The Morgan fingerprint density at radius 1 is 1.13 bits per heavy atom. The molecule has 1 aliphatic rings. The van der Waals surface area contributed by atoms with Crippen molar-refractivity contribution < 1.29 is 18.0 Å². The number of para-hydroxylation sites is 2. The summed E-state index contributed by atoms with van der Waals surface area (Å²) in [5.41, 5.74) is 0.945. The third-order valence-corrected chi connectivity index (χ3v) is 5.53. The normalized spacial score (nSPS) is 13.7. The van der Waals surface area contributed by atoms with Crippen molar-refractivity contribution in [2.24, 2.45) is 5.92 Å². The molecule has 4 nitrogen and oxygen atoms in total. The van der Waals surface area contributed by atoms with Crippen LogP contribution in [-0.2, 0) is 13.1 Å². The molecule has 1 amide bonds. The van der Waals surface area contributed by atoms with E-state index in [9.17, 15) is 18.0 Å². The van der Waals surface area contributed by atoms with Crippen LogP contribution in [0.2, 0.25) is 0 Å². The first-order valence-electron chi connectivity index (χ1n) is 10.4. The molecule has 4 rings (SSSR count). The molecular formula is C23H24F3N3O. The number of hydrogen-bond acceptors (Lipinski definition) is 2. The molecule has 158 valence electrons. The van der Waals surface area contributed by atoms with Gasteiger partial charge in [-0.3, -0.25) is 4.79 Å². The number of carbonyl (C=O) groups is 1. The molecule has 1 heterocycles. The highest BCUT2D eigenvalue weighted by Crippen LogP contribution is 2.33. The molecule has 1 aliphatic carbocycles. The number of benzene rings is 2. The van der Waals surface area contributed by atoms with Crippen LogP contribution < -0.4 is 0 Å². The Hall–Kier alpha value is -2.83. The monoisotopic (exact) mass is 415 g/mol. The van der Waals surface area contributed by atoms with Gasteiger partial charge in [0.2, 0.25) is 0 Å². The summed E-state index contributed by atoms with van der Waals surface area (Å²) in [6.07, 6.45) is 3.78. The van der Waals surface area contributed by atoms with Gasteiger partial charge < -0.3 is 9.47 Å². The number of unbranched alkanes of at least 4 members (excludes halogenated alkanes) is 1. The van der Waals surface area contributed by atoms with Gasteiger partial charge in [-0.05, 0) is 49.4 Å². The van der Waals surface area contributed by atoms with E-state index in [4.69, 9.17) is 0 Å². The van der Waals surface area contributed by atoms with Crippen LogP contribution in [0.1, 0.15) is 48.8 Å². The van der Waals surface area contributed by atoms with Gasteiger partial charge in [0, 0.05) is 13.1 Å². The highest BCUT2D eigenvalue weighted by atomic mass is 19.2. The van der Waals surface area contributed by atoms with Crippen LogP contribution in [0.5, 0.6) is 0 Å². The quantitative estimate of drug-likeness (QED) is 0.468. The molecule has 0 N–H and O–H groups in total. The maximum Gasteiger partial charge on any atom is 0.260 e. The van der Waals surface area contributed by atoms with Crippen LogP contribution in [0.15, 0.2) is 36.4 Å². The number of halogens is 3. The minimum Gasteiger partial charge on any atom is -0.331 e. The van der Waals surface area contributed by atoms with Gasteiger partial charge in [-0.1, -0.05) is 25.5 Å². The Kier molecular flexibility index (Phi) is 5.79. The van der Waals surface area contributed by atoms with Crippen molar-refractivity contribution >= 4 is 16.9 Å². The largest absolute Gasteiger partial charge is 0.331 e. The first-order chi connectivity index (χ1) is 14.5. The number of carbonyl (C=O) groups excluding carboxylic acids is 1. The predicted molar refractivity (Wildman–Crippen MR) is 108 cm³/mol. The van der Waals surface area contributed by atoms with Crippen LogP contribution in [0, 0.1) is 23.4 Å². The van der Waals surface area contributed by atoms with Gasteiger partial charge in [0.05, 0.1) is 17.6 Å². The topological polar surface area (TPSA) is 38.1 Å². The Morgan fingerprint density at radius 2 is 1.87 bits per heavy atom. The molecular weight excluding hydrogens is 391 g/mol. The van der Waals surface area contributed by atoms with E-state index in [1.807, 2.05) is 31.2 Å². The number of aromatic nitrogens is 2. The van der Waals surface area contributed by atoms with Crippen molar-refractivity contribution in [1.29, 1.82) is 0 Å². The van der Waals surface area contributed by atoms with Crippen LogP contribution >= 0.6 is 0 Å². The molecule has 3 aromatic rings. The van der Waals surface area contributed by atoms with Crippen molar-refractivity contribution in [3.8, 4) is 0 Å². The van der Waals surface area contributed by atoms with Crippen molar-refractivity contribution in [3.63, 3.8) is 0 Å². The molecule has 0 spiro atoms. The van der Waals surface area contributed by atoms with Crippen molar-refractivity contribution in [2.75, 3.05) is 6.54 Å². The molecule has 0 bridgehead atoms. The minimum absolute atomic E-state index is 0.107. The maximum atomic E-state index is 14.3. The molecule has 0 atom stereocenters. The van der Waals surface area contributed by atoms with E-state index in [0.717, 1.165) is 42.9 Å². The summed E-state index contributed by atoms with van der Waals surface area (Å²) in [6.45, 7) is 3.18. The fraction of sp³-hybridized carbons (Fsp3) is 0.391. The third-order valence-electron chi connectivity index (χ3n) is 5.53. The molecule has 30 heavy (non-hydrogen) atoms. The summed E-state index contributed by atoms with van der Waals surface area (Å²) in [5, 5.41) is 0. The summed E-state index contributed by atoms with van der Waals surface area (Å²) >= 11 is 0. The van der Waals surface area contributed by atoms with Crippen LogP contribution in [0.4, 0.5) is 13.2 Å². The molecule has 0 unspecified atom stereocenters. The molecule has 1 saturated carbocycles. The van der Waals surface area contributed by atoms with E-state index < -0.39 is 28.9 Å². The molecule has 0 saturated heterocycles. The van der Waals surface area contributed by atoms with Crippen LogP contribution in [-0.4, -0.2) is 26.9 Å². The highest BCUT2D eigenvalue weighted by Gasteiger charge is 2.28. The Morgan fingerprint density at radius 3 is 2.60 bits per heavy atom. The van der Waals surface area contributed by atoms with Crippen molar-refractivity contribution in [3.05, 3.63) is 65.2 Å². The van der Waals surface area contributed by atoms with Gasteiger partial charge in [0.15, 0.2) is 11.6 Å². The first-order valence-corrected chi connectivity index (χ1v) is 10.4. The summed E-state index contributed by atoms with van der Waals surface area (Å²) < 4.78 is 44.3. The molecule has 1 fully saturated rings. The standard InChI is InChI=1S/C23H24F3N3O/c1-2-3-12-28(23(30)21-16(24)10-11-17(25)22(21)26)14-20-27-18-6-4-5-7-19(18)29(20)13-15-8-9-15/h4-7,10-11,15H,2-3,8-9,12-14H2,1H3. The molecule has 1 aromatic heterocycles. The lowest BCUT2D eigenvalue weighted by atomic mass is 10.1. The maximum absolute atomic E-state index is 14.3. The van der Waals surface area contributed by atoms with Crippen LogP contribution in [0.25, 0.3) is 11.0 Å². The third kappa shape index (κ3) is 4.06. The molecule has 0 radical (unpaired) electrons. The zero-order valence-corrected chi connectivity index (χ0v) is 16.9. The van der Waals surface area contributed by atoms with Gasteiger partial charge in [0.25, 0.3) is 5.91 Å². The number of imidazole rings is 1. The number of hydrogen-bond donors (Lipinski definition) is 0. The zero-order chi connectivity index (χ0) is 21.3. The van der Waals surface area contributed by atoms with Crippen molar-refractivity contribution in [2.45, 2.75) is 45.7 Å². The SMILES string of the molecule is CCCCN(Cc1nc2ccccc2n1CC1CC1)C(=O)c1c(F)ccc(F)c1F. The van der Waals surface area contributed by atoms with E-state index in [2.05, 4.69) is 9.55 Å². The van der Waals surface area contributed by atoms with E-state index in [0.29, 0.717) is 30.8 Å². The average Bonchev–Trinajstić information content (AvgIpc) is 3.49. The van der Waals surface area contributed by atoms with Gasteiger partial charge in [-0.2, -0.15) is 0 Å². The van der Waals surface area contributed by atoms with Gasteiger partial charge in [0.1, 0.15) is 17.2 Å². The second-order valence-electron chi connectivity index (χ2n) is 7.87.